The Hall–Kier alpha value is -1.84. The Morgan fingerprint density at radius 2 is 2.32 bits per heavy atom. The summed E-state index contributed by atoms with van der Waals surface area (Å²) < 4.78 is 1.77. The van der Waals surface area contributed by atoms with Crippen molar-refractivity contribution in [2.24, 2.45) is 5.92 Å². The molecule has 2 aromatic heterocycles. The summed E-state index contributed by atoms with van der Waals surface area (Å²) >= 11 is 0. The molecule has 4 nitrogen and oxygen atoms in total. The van der Waals surface area contributed by atoms with Crippen LogP contribution < -0.4 is 5.32 Å². The van der Waals surface area contributed by atoms with Crippen molar-refractivity contribution in [3.8, 4) is 5.82 Å². The quantitative estimate of drug-likeness (QED) is 0.913. The number of aromatic nitrogens is 3. The lowest BCUT2D eigenvalue weighted by Crippen LogP contribution is -2.15. The molecule has 3 rings (SSSR count). The third kappa shape index (κ3) is 2.78. The smallest absolute Gasteiger partial charge is 0.153 e. The van der Waals surface area contributed by atoms with Crippen molar-refractivity contribution >= 4 is 5.69 Å². The Morgan fingerprint density at radius 3 is 2.95 bits per heavy atom. The van der Waals surface area contributed by atoms with Gasteiger partial charge >= 0.3 is 0 Å². The zero-order chi connectivity index (χ0) is 13.1. The van der Waals surface area contributed by atoms with Crippen LogP contribution in [-0.2, 0) is 0 Å². The van der Waals surface area contributed by atoms with Crippen molar-refractivity contribution in [2.45, 2.75) is 38.6 Å². The molecule has 100 valence electrons. The van der Waals surface area contributed by atoms with Crippen molar-refractivity contribution in [1.29, 1.82) is 0 Å². The maximum Gasteiger partial charge on any atom is 0.153 e. The van der Waals surface area contributed by atoms with E-state index in [0.717, 1.165) is 17.4 Å². The Morgan fingerprint density at radius 1 is 1.37 bits per heavy atom. The molecule has 1 N–H and O–H groups in total. The van der Waals surface area contributed by atoms with Crippen LogP contribution >= 0.6 is 0 Å². The van der Waals surface area contributed by atoms with Crippen LogP contribution in [0.5, 0.6) is 0 Å². The highest BCUT2D eigenvalue weighted by Crippen LogP contribution is 2.29. The maximum atomic E-state index is 4.44. The van der Waals surface area contributed by atoms with Crippen LogP contribution in [-0.4, -0.2) is 20.8 Å². The third-order valence-corrected chi connectivity index (χ3v) is 3.98. The average Bonchev–Trinajstić information content (AvgIpc) is 3.10. The van der Waals surface area contributed by atoms with E-state index in [1.807, 2.05) is 24.5 Å². The molecule has 2 atom stereocenters. The topological polar surface area (TPSA) is 42.7 Å². The predicted octanol–water partition coefficient (Wildman–Crippen LogP) is 3.26. The van der Waals surface area contributed by atoms with E-state index in [9.17, 15) is 0 Å². The number of hydrogen-bond acceptors (Lipinski definition) is 3. The monoisotopic (exact) mass is 256 g/mol. The summed E-state index contributed by atoms with van der Waals surface area (Å²) in [4.78, 5) is 4.44. The summed E-state index contributed by atoms with van der Waals surface area (Å²) in [5, 5.41) is 7.76. The number of hydrogen-bond donors (Lipinski definition) is 1. The van der Waals surface area contributed by atoms with Crippen LogP contribution in [0, 0.1) is 5.92 Å². The molecular formula is C15H20N4. The predicted molar refractivity (Wildman–Crippen MR) is 76.4 cm³/mol. The number of nitrogens with zero attached hydrogens (tertiary/aromatic N) is 3. The molecule has 1 aliphatic rings. The first-order valence-electron chi connectivity index (χ1n) is 7.07. The van der Waals surface area contributed by atoms with Gasteiger partial charge in [0.1, 0.15) is 0 Å². The molecule has 0 aromatic carbocycles. The first-order valence-corrected chi connectivity index (χ1v) is 7.07. The van der Waals surface area contributed by atoms with E-state index in [0.29, 0.717) is 6.04 Å². The van der Waals surface area contributed by atoms with E-state index in [1.165, 1.54) is 25.7 Å². The first-order chi connectivity index (χ1) is 9.35. The molecule has 2 aromatic rings. The summed E-state index contributed by atoms with van der Waals surface area (Å²) in [5.41, 5.74) is 1.11. The molecule has 0 spiro atoms. The SMILES string of the molecule is CCC1CCC(Nc2ccc(-n3cccn3)nc2)C1. The van der Waals surface area contributed by atoms with Gasteiger partial charge in [-0.2, -0.15) is 5.10 Å². The van der Waals surface area contributed by atoms with E-state index in [2.05, 4.69) is 28.4 Å². The van der Waals surface area contributed by atoms with Gasteiger partial charge in [0.2, 0.25) is 0 Å². The fraction of sp³-hybridized carbons (Fsp3) is 0.467. The van der Waals surface area contributed by atoms with Crippen molar-refractivity contribution in [1.82, 2.24) is 14.8 Å². The number of anilines is 1. The molecule has 1 aliphatic carbocycles. The average molecular weight is 256 g/mol. The van der Waals surface area contributed by atoms with Gasteiger partial charge in [-0.05, 0) is 43.4 Å². The largest absolute Gasteiger partial charge is 0.381 e. The van der Waals surface area contributed by atoms with E-state index < -0.39 is 0 Å². The molecule has 2 heterocycles. The van der Waals surface area contributed by atoms with E-state index in [4.69, 9.17) is 0 Å². The zero-order valence-electron chi connectivity index (χ0n) is 11.3. The van der Waals surface area contributed by atoms with Gasteiger partial charge in [0, 0.05) is 18.4 Å². The van der Waals surface area contributed by atoms with Crippen LogP contribution in [0.2, 0.25) is 0 Å². The van der Waals surface area contributed by atoms with E-state index in [1.54, 1.807) is 10.9 Å². The minimum atomic E-state index is 0.613. The Bertz CT molecular complexity index is 503. The van der Waals surface area contributed by atoms with Crippen LogP contribution in [0.4, 0.5) is 5.69 Å². The molecule has 2 unspecified atom stereocenters. The normalized spacial score (nSPS) is 22.6. The van der Waals surface area contributed by atoms with Gasteiger partial charge in [-0.1, -0.05) is 13.3 Å². The van der Waals surface area contributed by atoms with E-state index >= 15 is 0 Å². The van der Waals surface area contributed by atoms with Crippen molar-refractivity contribution < 1.29 is 0 Å². The van der Waals surface area contributed by atoms with Gasteiger partial charge in [0.15, 0.2) is 5.82 Å². The highest BCUT2D eigenvalue weighted by molar-refractivity contribution is 5.44. The van der Waals surface area contributed by atoms with Gasteiger partial charge in [-0.25, -0.2) is 9.67 Å². The lowest BCUT2D eigenvalue weighted by atomic mass is 10.1. The molecule has 0 radical (unpaired) electrons. The first kappa shape index (κ1) is 12.2. The Balaban J connectivity index is 1.63. The van der Waals surface area contributed by atoms with Crippen molar-refractivity contribution in [2.75, 3.05) is 5.32 Å². The molecule has 0 saturated heterocycles. The fourth-order valence-electron chi connectivity index (χ4n) is 2.82. The van der Waals surface area contributed by atoms with Crippen LogP contribution in [0.15, 0.2) is 36.8 Å². The summed E-state index contributed by atoms with van der Waals surface area (Å²) in [7, 11) is 0. The van der Waals surface area contributed by atoms with Crippen LogP contribution in [0.1, 0.15) is 32.6 Å². The molecule has 0 bridgehead atoms. The summed E-state index contributed by atoms with van der Waals surface area (Å²) in [6, 6.07) is 6.60. The highest BCUT2D eigenvalue weighted by Gasteiger charge is 2.22. The Labute approximate surface area is 113 Å². The van der Waals surface area contributed by atoms with E-state index in [-0.39, 0.29) is 0 Å². The van der Waals surface area contributed by atoms with Crippen LogP contribution in [0.3, 0.4) is 0 Å². The number of pyridine rings is 1. The third-order valence-electron chi connectivity index (χ3n) is 3.98. The lowest BCUT2D eigenvalue weighted by molar-refractivity contribution is 0.525. The highest BCUT2D eigenvalue weighted by atomic mass is 15.3. The minimum absolute atomic E-state index is 0.613. The molecular weight excluding hydrogens is 236 g/mol. The van der Waals surface area contributed by atoms with Crippen molar-refractivity contribution in [3.05, 3.63) is 36.8 Å². The fourth-order valence-corrected chi connectivity index (χ4v) is 2.82. The Kier molecular flexibility index (Phi) is 3.49. The molecule has 0 amide bonds. The number of rotatable bonds is 4. The molecule has 19 heavy (non-hydrogen) atoms. The molecule has 1 saturated carbocycles. The molecule has 0 aliphatic heterocycles. The van der Waals surface area contributed by atoms with Crippen LogP contribution in [0.25, 0.3) is 5.82 Å². The summed E-state index contributed by atoms with van der Waals surface area (Å²) in [6.07, 6.45) is 10.8. The lowest BCUT2D eigenvalue weighted by Gasteiger charge is -2.14. The zero-order valence-corrected chi connectivity index (χ0v) is 11.3. The second-order valence-corrected chi connectivity index (χ2v) is 5.28. The minimum Gasteiger partial charge on any atom is -0.381 e. The number of nitrogens with one attached hydrogen (secondary N) is 1. The van der Waals surface area contributed by atoms with Gasteiger partial charge in [-0.15, -0.1) is 0 Å². The maximum absolute atomic E-state index is 4.44. The summed E-state index contributed by atoms with van der Waals surface area (Å²) in [6.45, 7) is 2.29. The molecule has 4 heteroatoms. The van der Waals surface area contributed by atoms with Gasteiger partial charge in [0.25, 0.3) is 0 Å². The second kappa shape index (κ2) is 5.43. The molecule has 1 fully saturated rings. The summed E-state index contributed by atoms with van der Waals surface area (Å²) in [5.74, 6) is 1.75. The second-order valence-electron chi connectivity index (χ2n) is 5.28. The standard InChI is InChI=1S/C15H20N4/c1-2-12-4-5-13(10-12)18-14-6-7-15(16-11-14)19-9-3-8-17-19/h3,6-9,11-13,18H,2,4-5,10H2,1H3. The van der Waals surface area contributed by atoms with Gasteiger partial charge in [-0.3, -0.25) is 0 Å². The van der Waals surface area contributed by atoms with Gasteiger partial charge < -0.3 is 5.32 Å². The van der Waals surface area contributed by atoms with Gasteiger partial charge in [0.05, 0.1) is 11.9 Å². The van der Waals surface area contributed by atoms with Crippen molar-refractivity contribution in [3.63, 3.8) is 0 Å².